The van der Waals surface area contributed by atoms with Gasteiger partial charge in [-0.3, -0.25) is 4.79 Å². The third kappa shape index (κ3) is 4.39. The van der Waals surface area contributed by atoms with Crippen molar-refractivity contribution in [3.8, 4) is 11.5 Å². The summed E-state index contributed by atoms with van der Waals surface area (Å²) in [5, 5.41) is 1.08. The summed E-state index contributed by atoms with van der Waals surface area (Å²) in [4.78, 5) is 29.3. The highest BCUT2D eigenvalue weighted by molar-refractivity contribution is 6.01. The van der Waals surface area contributed by atoms with E-state index in [4.69, 9.17) is 14.2 Å². The number of hydrogen-bond acceptors (Lipinski definition) is 5. The summed E-state index contributed by atoms with van der Waals surface area (Å²) in [5.74, 6) is 0.760. The Morgan fingerprint density at radius 2 is 1.86 bits per heavy atom. The van der Waals surface area contributed by atoms with Gasteiger partial charge >= 0.3 is 5.97 Å². The number of nitrogens with one attached hydrogen (secondary N) is 1. The summed E-state index contributed by atoms with van der Waals surface area (Å²) >= 11 is 0. The Labute approximate surface area is 215 Å². The number of aryl methyl sites for hydroxylation is 3. The van der Waals surface area contributed by atoms with Gasteiger partial charge in [-0.25, -0.2) is 4.79 Å². The van der Waals surface area contributed by atoms with E-state index in [-0.39, 0.29) is 18.5 Å². The molecule has 2 aromatic heterocycles. The predicted molar refractivity (Wildman–Crippen MR) is 140 cm³/mol. The topological polar surface area (TPSA) is 82.6 Å². The molecule has 1 N–H and O–H groups in total. The number of benzene rings is 2. The third-order valence-electron chi connectivity index (χ3n) is 7.50. The number of aromatic nitrogens is 2. The Kier molecular flexibility index (Phi) is 5.99. The Morgan fingerprint density at radius 1 is 1.05 bits per heavy atom. The Morgan fingerprint density at radius 3 is 2.73 bits per heavy atom. The van der Waals surface area contributed by atoms with Crippen molar-refractivity contribution in [3.05, 3.63) is 82.3 Å². The largest absolute Gasteiger partial charge is 0.486 e. The van der Waals surface area contributed by atoms with Crippen molar-refractivity contribution >= 4 is 22.7 Å². The van der Waals surface area contributed by atoms with E-state index in [0.717, 1.165) is 53.1 Å². The second kappa shape index (κ2) is 9.47. The highest BCUT2D eigenvalue weighted by Crippen LogP contribution is 2.32. The average molecular weight is 499 g/mol. The number of ketones is 1. The number of para-hydroxylation sites is 2. The molecule has 0 saturated carbocycles. The van der Waals surface area contributed by atoms with Crippen LogP contribution < -0.4 is 9.47 Å². The summed E-state index contributed by atoms with van der Waals surface area (Å²) < 4.78 is 19.4. The van der Waals surface area contributed by atoms with Crippen LogP contribution in [-0.2, 0) is 24.1 Å². The first-order valence-corrected chi connectivity index (χ1v) is 12.9. The minimum absolute atomic E-state index is 0.172. The molecule has 7 heteroatoms. The number of fused-ring (bicyclic) bond motifs is 4. The molecule has 37 heavy (non-hydrogen) atoms. The number of esters is 1. The van der Waals surface area contributed by atoms with Gasteiger partial charge in [0.2, 0.25) is 5.78 Å². The average Bonchev–Trinajstić information content (AvgIpc) is 3.43. The molecule has 2 aliphatic rings. The maximum atomic E-state index is 13.0. The number of H-pyrrole nitrogens is 1. The van der Waals surface area contributed by atoms with Gasteiger partial charge in [0.05, 0.1) is 12.1 Å². The van der Waals surface area contributed by atoms with E-state index in [0.29, 0.717) is 24.3 Å². The second-order valence-corrected chi connectivity index (χ2v) is 9.94. The summed E-state index contributed by atoms with van der Waals surface area (Å²) in [7, 11) is 0. The quantitative estimate of drug-likeness (QED) is 0.286. The fourth-order valence-corrected chi connectivity index (χ4v) is 5.55. The number of Topliss-reactive ketones (excluding diaryl/α,β-unsaturated/α-hetero) is 1. The van der Waals surface area contributed by atoms with Crippen LogP contribution in [0.1, 0.15) is 56.2 Å². The number of hydrogen-bond donors (Lipinski definition) is 1. The lowest BCUT2D eigenvalue weighted by Gasteiger charge is -2.27. The molecule has 0 amide bonds. The SMILES string of the molecule is Cc1cc(C(=O)COC(=O)c2ccc3[nH]c4c(c3c2)CCCC4)c(C)n1C[C@H]1COc2ccccc2O1. The fraction of sp³-hybridized carbons (Fsp3) is 0.333. The van der Waals surface area contributed by atoms with E-state index in [1.165, 1.54) is 17.7 Å². The maximum absolute atomic E-state index is 13.0. The van der Waals surface area contributed by atoms with Crippen molar-refractivity contribution < 1.29 is 23.8 Å². The van der Waals surface area contributed by atoms with Crippen LogP contribution in [0, 0.1) is 13.8 Å². The molecular weight excluding hydrogens is 468 g/mol. The van der Waals surface area contributed by atoms with Gasteiger partial charge in [0.1, 0.15) is 6.61 Å². The molecule has 3 heterocycles. The molecule has 2 aromatic carbocycles. The van der Waals surface area contributed by atoms with Crippen molar-refractivity contribution in [2.75, 3.05) is 13.2 Å². The highest BCUT2D eigenvalue weighted by Gasteiger charge is 2.25. The van der Waals surface area contributed by atoms with E-state index >= 15 is 0 Å². The maximum Gasteiger partial charge on any atom is 0.338 e. The lowest BCUT2D eigenvalue weighted by atomic mass is 9.95. The normalized spacial score (nSPS) is 16.4. The minimum Gasteiger partial charge on any atom is -0.486 e. The second-order valence-electron chi connectivity index (χ2n) is 9.94. The van der Waals surface area contributed by atoms with E-state index in [1.54, 1.807) is 6.07 Å². The first-order valence-electron chi connectivity index (χ1n) is 12.9. The van der Waals surface area contributed by atoms with Gasteiger partial charge in [-0.1, -0.05) is 12.1 Å². The van der Waals surface area contributed by atoms with Crippen molar-refractivity contribution in [2.45, 2.75) is 52.2 Å². The smallest absolute Gasteiger partial charge is 0.338 e. The van der Waals surface area contributed by atoms with E-state index in [9.17, 15) is 9.59 Å². The first-order chi connectivity index (χ1) is 18.0. The first kappa shape index (κ1) is 23.4. The van der Waals surface area contributed by atoms with Gasteiger partial charge in [-0.2, -0.15) is 0 Å². The highest BCUT2D eigenvalue weighted by atomic mass is 16.6. The number of carbonyl (C=O) groups excluding carboxylic acids is 2. The molecule has 0 spiro atoms. The summed E-state index contributed by atoms with van der Waals surface area (Å²) in [6, 6.07) is 15.0. The van der Waals surface area contributed by atoms with Gasteiger partial charge in [0.15, 0.2) is 24.2 Å². The molecule has 1 atom stereocenters. The van der Waals surface area contributed by atoms with Crippen molar-refractivity contribution in [1.29, 1.82) is 0 Å². The summed E-state index contributed by atoms with van der Waals surface area (Å²) in [6.07, 6.45) is 4.24. The zero-order chi connectivity index (χ0) is 25.5. The van der Waals surface area contributed by atoms with Crippen LogP contribution in [-0.4, -0.2) is 40.6 Å². The number of aromatic amines is 1. The van der Waals surface area contributed by atoms with E-state index in [1.807, 2.05) is 56.3 Å². The Balaban J connectivity index is 1.12. The minimum atomic E-state index is -0.485. The van der Waals surface area contributed by atoms with Crippen LogP contribution in [0.25, 0.3) is 10.9 Å². The summed E-state index contributed by atoms with van der Waals surface area (Å²) in [6.45, 7) is 4.55. The van der Waals surface area contributed by atoms with E-state index < -0.39 is 5.97 Å². The molecule has 0 radical (unpaired) electrons. The molecule has 0 saturated heterocycles. The molecule has 1 aliphatic carbocycles. The zero-order valence-electron chi connectivity index (χ0n) is 21.1. The zero-order valence-corrected chi connectivity index (χ0v) is 21.1. The molecule has 1 aliphatic heterocycles. The fourth-order valence-electron chi connectivity index (χ4n) is 5.55. The van der Waals surface area contributed by atoms with Crippen molar-refractivity contribution in [3.63, 3.8) is 0 Å². The van der Waals surface area contributed by atoms with Gasteiger partial charge in [-0.05, 0) is 81.5 Å². The third-order valence-corrected chi connectivity index (χ3v) is 7.50. The van der Waals surface area contributed by atoms with Gasteiger partial charge in [-0.15, -0.1) is 0 Å². The lowest BCUT2D eigenvalue weighted by molar-refractivity contribution is 0.0474. The predicted octanol–water partition coefficient (Wildman–Crippen LogP) is 5.34. The molecule has 4 aromatic rings. The molecule has 0 bridgehead atoms. The van der Waals surface area contributed by atoms with Crippen LogP contribution in [0.15, 0.2) is 48.5 Å². The van der Waals surface area contributed by atoms with Gasteiger partial charge in [0, 0.05) is 33.5 Å². The van der Waals surface area contributed by atoms with Crippen LogP contribution in [0.4, 0.5) is 0 Å². The van der Waals surface area contributed by atoms with Crippen molar-refractivity contribution in [1.82, 2.24) is 9.55 Å². The molecule has 7 nitrogen and oxygen atoms in total. The molecule has 190 valence electrons. The van der Waals surface area contributed by atoms with E-state index in [2.05, 4.69) is 9.55 Å². The van der Waals surface area contributed by atoms with Crippen LogP contribution >= 0.6 is 0 Å². The molecule has 0 fully saturated rings. The van der Waals surface area contributed by atoms with Crippen LogP contribution in [0.2, 0.25) is 0 Å². The standard InChI is InChI=1S/C30H30N2O5/c1-18-13-23(19(2)32(18)15-21-16-35-28-9-5-6-10-29(28)37-21)27(33)17-36-30(34)20-11-12-26-24(14-20)22-7-3-4-8-25(22)31-26/h5-6,9-14,21,31H,3-4,7-8,15-17H2,1-2H3/t21-/m0/s1. The summed E-state index contributed by atoms with van der Waals surface area (Å²) in [5.41, 5.74) is 6.40. The number of rotatable bonds is 6. The Hall–Kier alpha value is -4.00. The lowest BCUT2D eigenvalue weighted by Crippen LogP contribution is -2.33. The molecule has 0 unspecified atom stereocenters. The molecular formula is C30H30N2O5. The van der Waals surface area contributed by atoms with Gasteiger partial charge < -0.3 is 23.8 Å². The monoisotopic (exact) mass is 498 g/mol. The van der Waals surface area contributed by atoms with Gasteiger partial charge in [0.25, 0.3) is 0 Å². The number of carbonyl (C=O) groups is 2. The van der Waals surface area contributed by atoms with Crippen LogP contribution in [0.3, 0.4) is 0 Å². The van der Waals surface area contributed by atoms with Crippen molar-refractivity contribution in [2.24, 2.45) is 0 Å². The number of nitrogens with zero attached hydrogens (tertiary/aromatic N) is 1. The molecule has 6 rings (SSSR count). The van der Waals surface area contributed by atoms with Crippen LogP contribution in [0.5, 0.6) is 11.5 Å². The Bertz CT molecular complexity index is 1510. The number of ether oxygens (including phenoxy) is 3.